The molecule has 1 nitrogen and oxygen atoms in total. The van der Waals surface area contributed by atoms with Gasteiger partial charge in [0.1, 0.15) is 0 Å². The summed E-state index contributed by atoms with van der Waals surface area (Å²) >= 11 is 0. The van der Waals surface area contributed by atoms with Crippen LogP contribution in [0.15, 0.2) is 67.4 Å². The molecule has 0 heterocycles. The fourth-order valence-corrected chi connectivity index (χ4v) is 1.65. The van der Waals surface area contributed by atoms with Crippen LogP contribution in [-0.4, -0.2) is 7.11 Å². The maximum absolute atomic E-state index is 4.77. The van der Waals surface area contributed by atoms with Gasteiger partial charge in [0.05, 0.1) is 13.4 Å². The van der Waals surface area contributed by atoms with Crippen LogP contribution in [0.25, 0.3) is 12.2 Å². The molecule has 2 aromatic carbocycles. The van der Waals surface area contributed by atoms with E-state index in [2.05, 4.69) is 37.8 Å². The van der Waals surface area contributed by atoms with Crippen LogP contribution < -0.4 is 0 Å². The van der Waals surface area contributed by atoms with E-state index < -0.39 is 0 Å². The Morgan fingerprint density at radius 3 is 2.30 bits per heavy atom. The molecule has 0 spiro atoms. The summed E-state index contributed by atoms with van der Waals surface area (Å²) < 4.78 is 4.77. The molecule has 1 heteroatoms. The lowest BCUT2D eigenvalue weighted by atomic mass is 10.1. The molecule has 2 rings (SSSR count). The van der Waals surface area contributed by atoms with Gasteiger partial charge in [0.25, 0.3) is 0 Å². The van der Waals surface area contributed by atoms with Crippen molar-refractivity contribution in [1.29, 1.82) is 0 Å². The second-order valence-corrected chi connectivity index (χ2v) is 4.25. The van der Waals surface area contributed by atoms with Crippen LogP contribution in [0.2, 0.25) is 0 Å². The third-order valence-corrected chi connectivity index (χ3v) is 2.79. The Morgan fingerprint density at radius 2 is 1.70 bits per heavy atom. The quantitative estimate of drug-likeness (QED) is 0.691. The Balaban J connectivity index is 0.000000200. The fourth-order valence-electron chi connectivity index (χ4n) is 1.65. The zero-order valence-corrected chi connectivity index (χ0v) is 12.3. The first-order valence-electron chi connectivity index (χ1n) is 6.76. The van der Waals surface area contributed by atoms with E-state index in [-0.39, 0.29) is 0 Å². The fraction of sp³-hybridized carbons (Fsp3) is 0.158. The van der Waals surface area contributed by atoms with E-state index in [9.17, 15) is 0 Å². The Bertz CT molecular complexity index is 526. The van der Waals surface area contributed by atoms with Gasteiger partial charge in [-0.2, -0.15) is 0 Å². The normalized spacial score (nSPS) is 9.70. The Morgan fingerprint density at radius 1 is 1.00 bits per heavy atom. The van der Waals surface area contributed by atoms with Crippen LogP contribution in [0.1, 0.15) is 23.6 Å². The number of aryl methyl sites for hydroxylation is 1. The molecule has 0 radical (unpaired) electrons. The molecule has 104 valence electrons. The molecule has 0 aliphatic heterocycles. The van der Waals surface area contributed by atoms with E-state index in [1.54, 1.807) is 13.4 Å². The molecule has 0 saturated heterocycles. The molecule has 20 heavy (non-hydrogen) atoms. The van der Waals surface area contributed by atoms with Gasteiger partial charge in [0.15, 0.2) is 0 Å². The van der Waals surface area contributed by atoms with Crippen LogP contribution in [0.4, 0.5) is 0 Å². The van der Waals surface area contributed by atoms with E-state index in [1.165, 1.54) is 11.1 Å². The Hall–Kier alpha value is -2.28. The summed E-state index contributed by atoms with van der Waals surface area (Å²) in [5.74, 6) is 0. The SMILES string of the molecule is C=Cc1cccc(CC)c1.COC=Cc1ccccc1. The highest BCUT2D eigenvalue weighted by Crippen LogP contribution is 2.06. The maximum atomic E-state index is 4.77. The number of ether oxygens (including phenoxy) is 1. The molecular formula is C19H22O. The molecule has 0 amide bonds. The molecule has 0 aliphatic rings. The van der Waals surface area contributed by atoms with Crippen molar-refractivity contribution in [3.05, 3.63) is 84.1 Å². The summed E-state index contributed by atoms with van der Waals surface area (Å²) in [6.07, 6.45) is 6.55. The highest BCUT2D eigenvalue weighted by atomic mass is 16.5. The smallest absolute Gasteiger partial charge is 0.0830 e. The van der Waals surface area contributed by atoms with Gasteiger partial charge >= 0.3 is 0 Å². The molecule has 0 fully saturated rings. The predicted octanol–water partition coefficient (Wildman–Crippen LogP) is 5.20. The largest absolute Gasteiger partial charge is 0.504 e. The molecule has 0 unspecified atom stereocenters. The van der Waals surface area contributed by atoms with Gasteiger partial charge in [-0.3, -0.25) is 0 Å². The molecule has 0 N–H and O–H groups in total. The van der Waals surface area contributed by atoms with Crippen molar-refractivity contribution in [1.82, 2.24) is 0 Å². The summed E-state index contributed by atoms with van der Waals surface area (Å²) in [6, 6.07) is 18.4. The van der Waals surface area contributed by atoms with E-state index in [0.717, 1.165) is 12.0 Å². The third-order valence-electron chi connectivity index (χ3n) is 2.79. The molecular weight excluding hydrogens is 244 g/mol. The molecule has 2 aromatic rings. The minimum atomic E-state index is 1.10. The summed E-state index contributed by atoms with van der Waals surface area (Å²) in [5, 5.41) is 0. The van der Waals surface area contributed by atoms with Gasteiger partial charge in [0, 0.05) is 0 Å². The average molecular weight is 266 g/mol. The summed E-state index contributed by atoms with van der Waals surface area (Å²) in [5.41, 5.74) is 3.74. The molecule has 0 atom stereocenters. The van der Waals surface area contributed by atoms with E-state index in [4.69, 9.17) is 4.74 Å². The zero-order chi connectivity index (χ0) is 14.6. The first kappa shape index (κ1) is 15.8. The van der Waals surface area contributed by atoms with Crippen molar-refractivity contribution in [2.75, 3.05) is 7.11 Å². The van der Waals surface area contributed by atoms with Crippen molar-refractivity contribution >= 4 is 12.2 Å². The van der Waals surface area contributed by atoms with Crippen molar-refractivity contribution in [3.8, 4) is 0 Å². The highest BCUT2D eigenvalue weighted by Gasteiger charge is 1.87. The van der Waals surface area contributed by atoms with E-state index in [0.29, 0.717) is 0 Å². The van der Waals surface area contributed by atoms with Crippen molar-refractivity contribution in [2.24, 2.45) is 0 Å². The lowest BCUT2D eigenvalue weighted by Gasteiger charge is -1.96. The third kappa shape index (κ3) is 6.05. The van der Waals surface area contributed by atoms with Crippen molar-refractivity contribution in [2.45, 2.75) is 13.3 Å². The van der Waals surface area contributed by atoms with E-state index >= 15 is 0 Å². The highest BCUT2D eigenvalue weighted by molar-refractivity contribution is 5.48. The van der Waals surface area contributed by atoms with E-state index in [1.807, 2.05) is 42.5 Å². The maximum Gasteiger partial charge on any atom is 0.0830 e. The van der Waals surface area contributed by atoms with Gasteiger partial charge < -0.3 is 4.74 Å². The monoisotopic (exact) mass is 266 g/mol. The van der Waals surface area contributed by atoms with Crippen LogP contribution in [-0.2, 0) is 11.2 Å². The standard InChI is InChI=1S/C10H12.C9H10O/c1-3-9-6-5-7-10(4-2)8-9;1-10-8-7-9-5-3-2-4-6-9/h3,5-8H,1,4H2,2H3;2-8H,1H3. The number of benzene rings is 2. The Kier molecular flexibility index (Phi) is 7.59. The van der Waals surface area contributed by atoms with Gasteiger partial charge in [-0.25, -0.2) is 0 Å². The summed E-state index contributed by atoms with van der Waals surface area (Å²) in [4.78, 5) is 0. The van der Waals surface area contributed by atoms with Gasteiger partial charge in [-0.15, -0.1) is 0 Å². The molecule has 0 saturated carbocycles. The summed E-state index contributed by atoms with van der Waals surface area (Å²) in [6.45, 7) is 5.86. The van der Waals surface area contributed by atoms with Crippen LogP contribution in [0.3, 0.4) is 0 Å². The number of hydrogen-bond acceptors (Lipinski definition) is 1. The zero-order valence-electron chi connectivity index (χ0n) is 12.3. The second-order valence-electron chi connectivity index (χ2n) is 4.25. The summed E-state index contributed by atoms with van der Waals surface area (Å²) in [7, 11) is 1.64. The molecule has 0 aliphatic carbocycles. The number of methoxy groups -OCH3 is 1. The lowest BCUT2D eigenvalue weighted by molar-refractivity contribution is 0.341. The number of rotatable bonds is 4. The van der Waals surface area contributed by atoms with Gasteiger partial charge in [-0.1, -0.05) is 74.2 Å². The first-order valence-corrected chi connectivity index (χ1v) is 6.76. The van der Waals surface area contributed by atoms with Gasteiger partial charge in [-0.05, 0) is 29.2 Å². The van der Waals surface area contributed by atoms with Crippen LogP contribution >= 0.6 is 0 Å². The van der Waals surface area contributed by atoms with Gasteiger partial charge in [0.2, 0.25) is 0 Å². The first-order chi connectivity index (χ1) is 9.80. The molecule has 0 bridgehead atoms. The predicted molar refractivity (Wildman–Crippen MR) is 88.4 cm³/mol. The van der Waals surface area contributed by atoms with Crippen LogP contribution in [0.5, 0.6) is 0 Å². The topological polar surface area (TPSA) is 9.23 Å². The second kappa shape index (κ2) is 9.62. The van der Waals surface area contributed by atoms with Crippen molar-refractivity contribution in [3.63, 3.8) is 0 Å². The molecule has 0 aromatic heterocycles. The minimum absolute atomic E-state index is 1.10. The Labute approximate surface area is 122 Å². The van der Waals surface area contributed by atoms with Crippen LogP contribution in [0, 0.1) is 0 Å². The minimum Gasteiger partial charge on any atom is -0.504 e. The van der Waals surface area contributed by atoms with Crippen molar-refractivity contribution < 1.29 is 4.74 Å². The number of hydrogen-bond donors (Lipinski definition) is 0. The average Bonchev–Trinajstić information content (AvgIpc) is 2.54. The lowest BCUT2D eigenvalue weighted by Crippen LogP contribution is -1.79.